The minimum Gasteiger partial charge on any atom is -0.382 e. The summed E-state index contributed by atoms with van der Waals surface area (Å²) in [6.07, 6.45) is 2.36. The monoisotopic (exact) mass is 244 g/mol. The lowest BCUT2D eigenvalue weighted by molar-refractivity contribution is 0.442. The molecule has 0 spiro atoms. The number of anilines is 1. The third kappa shape index (κ3) is 5.23. The van der Waals surface area contributed by atoms with Gasteiger partial charge in [0.25, 0.3) is 0 Å². The highest BCUT2D eigenvalue weighted by atomic mass is 14.9. The van der Waals surface area contributed by atoms with Crippen LogP contribution in [0.5, 0.6) is 0 Å². The van der Waals surface area contributed by atoms with Crippen molar-refractivity contribution in [1.82, 2.24) is 0 Å². The van der Waals surface area contributed by atoms with Gasteiger partial charge < -0.3 is 5.32 Å². The third-order valence-electron chi connectivity index (χ3n) is 2.90. The van der Waals surface area contributed by atoms with Crippen molar-refractivity contribution in [3.05, 3.63) is 29.8 Å². The summed E-state index contributed by atoms with van der Waals surface area (Å²) in [5.74, 6) is 1.39. The summed E-state index contributed by atoms with van der Waals surface area (Å²) < 4.78 is 0. The van der Waals surface area contributed by atoms with Crippen molar-refractivity contribution in [3.8, 4) is 6.07 Å². The molecular weight excluding hydrogens is 220 g/mol. The summed E-state index contributed by atoms with van der Waals surface area (Å²) in [6.45, 7) is 9.03. The Morgan fingerprint density at radius 3 is 1.89 bits per heavy atom. The van der Waals surface area contributed by atoms with Gasteiger partial charge in [-0.1, -0.05) is 27.7 Å². The van der Waals surface area contributed by atoms with E-state index in [0.29, 0.717) is 23.4 Å². The van der Waals surface area contributed by atoms with Crippen LogP contribution < -0.4 is 5.32 Å². The van der Waals surface area contributed by atoms with Crippen LogP contribution in [-0.4, -0.2) is 6.04 Å². The van der Waals surface area contributed by atoms with Crippen LogP contribution in [0.25, 0.3) is 0 Å². The average Bonchev–Trinajstić information content (AvgIpc) is 2.28. The van der Waals surface area contributed by atoms with Gasteiger partial charge in [-0.05, 0) is 48.9 Å². The lowest BCUT2D eigenvalue weighted by Gasteiger charge is -2.23. The van der Waals surface area contributed by atoms with Crippen LogP contribution in [0.3, 0.4) is 0 Å². The molecule has 2 nitrogen and oxygen atoms in total. The van der Waals surface area contributed by atoms with Gasteiger partial charge in [-0.2, -0.15) is 5.26 Å². The predicted molar refractivity (Wildman–Crippen MR) is 77.5 cm³/mol. The Labute approximate surface area is 111 Å². The quantitative estimate of drug-likeness (QED) is 0.803. The molecule has 0 saturated carbocycles. The minimum atomic E-state index is 0.512. The van der Waals surface area contributed by atoms with E-state index in [2.05, 4.69) is 39.1 Å². The molecule has 0 aliphatic heterocycles. The Bertz CT molecular complexity index is 375. The molecule has 1 N–H and O–H groups in total. The van der Waals surface area contributed by atoms with E-state index in [9.17, 15) is 0 Å². The SMILES string of the molecule is CC(C)CC(CC(C)C)Nc1ccc(C#N)cc1. The van der Waals surface area contributed by atoms with Crippen molar-refractivity contribution < 1.29 is 0 Å². The van der Waals surface area contributed by atoms with Crippen LogP contribution in [0.15, 0.2) is 24.3 Å². The first-order valence-corrected chi connectivity index (χ1v) is 6.78. The molecule has 0 fully saturated rings. The van der Waals surface area contributed by atoms with E-state index in [-0.39, 0.29) is 0 Å². The molecule has 0 aliphatic rings. The van der Waals surface area contributed by atoms with Gasteiger partial charge in [-0.3, -0.25) is 0 Å². The van der Waals surface area contributed by atoms with E-state index in [4.69, 9.17) is 5.26 Å². The van der Waals surface area contributed by atoms with Crippen molar-refractivity contribution >= 4 is 5.69 Å². The number of rotatable bonds is 6. The first-order valence-electron chi connectivity index (χ1n) is 6.78. The zero-order chi connectivity index (χ0) is 13.5. The lowest BCUT2D eigenvalue weighted by Crippen LogP contribution is -2.23. The Hall–Kier alpha value is -1.49. The van der Waals surface area contributed by atoms with Crippen LogP contribution in [-0.2, 0) is 0 Å². The fourth-order valence-electron chi connectivity index (χ4n) is 2.23. The second kappa shape index (κ2) is 7.06. The number of benzene rings is 1. The molecule has 98 valence electrons. The molecule has 0 amide bonds. The van der Waals surface area contributed by atoms with Gasteiger partial charge in [0.2, 0.25) is 0 Å². The van der Waals surface area contributed by atoms with Gasteiger partial charge in [0.05, 0.1) is 11.6 Å². The summed E-state index contributed by atoms with van der Waals surface area (Å²) in [7, 11) is 0. The van der Waals surface area contributed by atoms with Crippen molar-refractivity contribution in [1.29, 1.82) is 5.26 Å². The molecule has 0 heterocycles. The lowest BCUT2D eigenvalue weighted by atomic mass is 9.95. The second-order valence-electron chi connectivity index (χ2n) is 5.79. The van der Waals surface area contributed by atoms with Gasteiger partial charge in [0.15, 0.2) is 0 Å². The minimum absolute atomic E-state index is 0.512. The molecule has 2 heteroatoms. The fourth-order valence-corrected chi connectivity index (χ4v) is 2.23. The van der Waals surface area contributed by atoms with Crippen LogP contribution in [0, 0.1) is 23.2 Å². The first-order chi connectivity index (χ1) is 8.51. The van der Waals surface area contributed by atoms with Gasteiger partial charge in [0.1, 0.15) is 0 Å². The molecule has 0 radical (unpaired) electrons. The molecule has 0 bridgehead atoms. The van der Waals surface area contributed by atoms with Crippen molar-refractivity contribution in [3.63, 3.8) is 0 Å². The molecule has 0 aliphatic carbocycles. The van der Waals surface area contributed by atoms with Gasteiger partial charge >= 0.3 is 0 Å². The second-order valence-corrected chi connectivity index (χ2v) is 5.79. The van der Waals surface area contributed by atoms with E-state index in [1.54, 1.807) is 0 Å². The highest BCUT2D eigenvalue weighted by Crippen LogP contribution is 2.19. The summed E-state index contributed by atoms with van der Waals surface area (Å²) in [4.78, 5) is 0. The Morgan fingerprint density at radius 1 is 1.00 bits per heavy atom. The highest BCUT2D eigenvalue weighted by molar-refractivity contribution is 5.47. The summed E-state index contributed by atoms with van der Waals surface area (Å²) in [6, 6.07) is 10.4. The van der Waals surface area contributed by atoms with E-state index < -0.39 is 0 Å². The average molecular weight is 244 g/mol. The van der Waals surface area contributed by atoms with E-state index in [0.717, 1.165) is 5.69 Å². The number of nitrogens with one attached hydrogen (secondary N) is 1. The fraction of sp³-hybridized carbons (Fsp3) is 0.562. The Balaban J connectivity index is 2.66. The number of nitriles is 1. The maximum atomic E-state index is 8.78. The van der Waals surface area contributed by atoms with E-state index in [1.807, 2.05) is 24.3 Å². The third-order valence-corrected chi connectivity index (χ3v) is 2.90. The van der Waals surface area contributed by atoms with Crippen LogP contribution >= 0.6 is 0 Å². The number of hydrogen-bond donors (Lipinski definition) is 1. The van der Waals surface area contributed by atoms with Crippen LogP contribution in [0.4, 0.5) is 5.69 Å². The highest BCUT2D eigenvalue weighted by Gasteiger charge is 2.12. The molecule has 1 rings (SSSR count). The molecule has 0 atom stereocenters. The van der Waals surface area contributed by atoms with Crippen LogP contribution in [0.1, 0.15) is 46.1 Å². The predicted octanol–water partition coefficient (Wildman–Crippen LogP) is 4.43. The summed E-state index contributed by atoms with van der Waals surface area (Å²) >= 11 is 0. The van der Waals surface area contributed by atoms with Crippen molar-refractivity contribution in [2.24, 2.45) is 11.8 Å². The zero-order valence-corrected chi connectivity index (χ0v) is 11.9. The molecule has 18 heavy (non-hydrogen) atoms. The van der Waals surface area contributed by atoms with E-state index >= 15 is 0 Å². The zero-order valence-electron chi connectivity index (χ0n) is 11.9. The van der Waals surface area contributed by atoms with Crippen molar-refractivity contribution in [2.45, 2.75) is 46.6 Å². The maximum absolute atomic E-state index is 8.78. The Morgan fingerprint density at radius 2 is 1.50 bits per heavy atom. The molecule has 1 aromatic carbocycles. The summed E-state index contributed by atoms with van der Waals surface area (Å²) in [5, 5.41) is 12.4. The standard InChI is InChI=1S/C16H24N2/c1-12(2)9-16(10-13(3)4)18-15-7-5-14(11-17)6-8-15/h5-8,12-13,16,18H,9-10H2,1-4H3. The molecule has 1 aromatic rings. The van der Waals surface area contributed by atoms with E-state index in [1.165, 1.54) is 12.8 Å². The van der Waals surface area contributed by atoms with Gasteiger partial charge in [-0.15, -0.1) is 0 Å². The molecule has 0 unspecified atom stereocenters. The smallest absolute Gasteiger partial charge is 0.0991 e. The first kappa shape index (κ1) is 14.6. The molecule has 0 aromatic heterocycles. The molecular formula is C16H24N2. The maximum Gasteiger partial charge on any atom is 0.0991 e. The number of hydrogen-bond acceptors (Lipinski definition) is 2. The topological polar surface area (TPSA) is 35.8 Å². The number of nitrogens with zero attached hydrogens (tertiary/aromatic N) is 1. The van der Waals surface area contributed by atoms with Gasteiger partial charge in [0, 0.05) is 11.7 Å². The van der Waals surface area contributed by atoms with Gasteiger partial charge in [-0.25, -0.2) is 0 Å². The largest absolute Gasteiger partial charge is 0.382 e. The van der Waals surface area contributed by atoms with Crippen LogP contribution in [0.2, 0.25) is 0 Å². The normalized spacial score (nSPS) is 11.0. The molecule has 0 saturated heterocycles. The Kier molecular flexibility index (Phi) is 5.71. The van der Waals surface area contributed by atoms with Crippen molar-refractivity contribution in [2.75, 3.05) is 5.32 Å². The summed E-state index contributed by atoms with van der Waals surface area (Å²) in [5.41, 5.74) is 1.82.